The van der Waals surface area contributed by atoms with Gasteiger partial charge in [0.15, 0.2) is 0 Å². The van der Waals surface area contributed by atoms with Crippen molar-refractivity contribution in [3.63, 3.8) is 0 Å². The van der Waals surface area contributed by atoms with Gasteiger partial charge in [-0.05, 0) is 37.6 Å². The van der Waals surface area contributed by atoms with Crippen LogP contribution in [0.15, 0.2) is 24.3 Å². The summed E-state index contributed by atoms with van der Waals surface area (Å²) in [4.78, 5) is 25.1. The van der Waals surface area contributed by atoms with Crippen molar-refractivity contribution >= 4 is 24.3 Å². The number of rotatable bonds is 5. The van der Waals surface area contributed by atoms with Gasteiger partial charge in [-0.25, -0.2) is 4.79 Å². The van der Waals surface area contributed by atoms with Crippen molar-refractivity contribution in [2.45, 2.75) is 25.4 Å². The zero-order valence-electron chi connectivity index (χ0n) is 12.7. The van der Waals surface area contributed by atoms with Gasteiger partial charge in [-0.15, -0.1) is 12.4 Å². The number of carbonyl (C=O) groups excluding carboxylic acids is 2. The largest absolute Gasteiger partial charge is 0.352 e. The van der Waals surface area contributed by atoms with Gasteiger partial charge in [-0.2, -0.15) is 0 Å². The van der Waals surface area contributed by atoms with Crippen LogP contribution in [0.25, 0.3) is 0 Å². The van der Waals surface area contributed by atoms with Gasteiger partial charge in [-0.3, -0.25) is 4.79 Å². The summed E-state index contributed by atoms with van der Waals surface area (Å²) in [6, 6.07) is 7.00. The molecule has 0 bridgehead atoms. The molecule has 1 aliphatic heterocycles. The van der Waals surface area contributed by atoms with Gasteiger partial charge in [0.05, 0.1) is 0 Å². The van der Waals surface area contributed by atoms with Crippen molar-refractivity contribution in [1.82, 2.24) is 15.5 Å². The summed E-state index contributed by atoms with van der Waals surface area (Å²) in [7, 11) is 1.90. The molecule has 2 rings (SSSR count). The molecule has 1 unspecified atom stereocenters. The van der Waals surface area contributed by atoms with E-state index >= 15 is 0 Å². The van der Waals surface area contributed by atoms with E-state index in [-0.39, 0.29) is 24.4 Å². The number of hydrogen-bond donors (Lipinski definition) is 3. The number of amides is 3. The van der Waals surface area contributed by atoms with E-state index in [0.29, 0.717) is 12.1 Å². The van der Waals surface area contributed by atoms with Crippen molar-refractivity contribution < 1.29 is 9.59 Å². The molecule has 6 nitrogen and oxygen atoms in total. The number of carbonyl (C=O) groups is 2. The molecule has 4 N–H and O–H groups in total. The Kier molecular flexibility index (Phi) is 7.14. The van der Waals surface area contributed by atoms with Crippen molar-refractivity contribution in [3.8, 4) is 0 Å². The Bertz CT molecular complexity index is 507. The molecule has 1 heterocycles. The van der Waals surface area contributed by atoms with Crippen LogP contribution in [0.2, 0.25) is 0 Å². The van der Waals surface area contributed by atoms with Crippen LogP contribution in [-0.2, 0) is 6.54 Å². The number of benzene rings is 1. The summed E-state index contributed by atoms with van der Waals surface area (Å²) in [5.74, 6) is 0.0714. The highest BCUT2D eigenvalue weighted by Crippen LogP contribution is 2.19. The van der Waals surface area contributed by atoms with Crippen molar-refractivity contribution in [1.29, 1.82) is 0 Å². The fourth-order valence-corrected chi connectivity index (χ4v) is 2.67. The zero-order valence-corrected chi connectivity index (χ0v) is 13.5. The smallest absolute Gasteiger partial charge is 0.312 e. The van der Waals surface area contributed by atoms with E-state index in [4.69, 9.17) is 5.73 Å². The number of nitrogens with one attached hydrogen (secondary N) is 2. The third-order valence-corrected chi connectivity index (χ3v) is 3.75. The molecule has 0 spiro atoms. The summed E-state index contributed by atoms with van der Waals surface area (Å²) in [5.41, 5.74) is 6.62. The lowest BCUT2D eigenvalue weighted by molar-refractivity contribution is 0.0737. The average molecular weight is 327 g/mol. The molecule has 1 atom stereocenters. The SMILES string of the molecule is CNCC1CCCN1C(=O)c1ccc(CNC(N)=O)cc1.Cl. The van der Waals surface area contributed by atoms with E-state index in [1.807, 2.05) is 24.1 Å². The van der Waals surface area contributed by atoms with Gasteiger partial charge in [0.2, 0.25) is 0 Å². The van der Waals surface area contributed by atoms with Crippen molar-refractivity contribution in [3.05, 3.63) is 35.4 Å². The molecule has 1 saturated heterocycles. The highest BCUT2D eigenvalue weighted by Gasteiger charge is 2.28. The van der Waals surface area contributed by atoms with E-state index in [1.54, 1.807) is 12.1 Å². The van der Waals surface area contributed by atoms with Crippen LogP contribution in [0.3, 0.4) is 0 Å². The Morgan fingerprint density at radius 2 is 2.00 bits per heavy atom. The van der Waals surface area contributed by atoms with Crippen LogP contribution in [0.5, 0.6) is 0 Å². The maximum atomic E-state index is 12.5. The fourth-order valence-electron chi connectivity index (χ4n) is 2.67. The van der Waals surface area contributed by atoms with Gasteiger partial charge >= 0.3 is 6.03 Å². The lowest BCUT2D eigenvalue weighted by Crippen LogP contribution is -2.40. The quantitative estimate of drug-likeness (QED) is 0.757. The lowest BCUT2D eigenvalue weighted by Gasteiger charge is -2.24. The van der Waals surface area contributed by atoms with Crippen LogP contribution in [-0.4, -0.2) is 43.0 Å². The molecule has 0 saturated carbocycles. The highest BCUT2D eigenvalue weighted by atomic mass is 35.5. The van der Waals surface area contributed by atoms with Gasteiger partial charge in [-0.1, -0.05) is 12.1 Å². The third kappa shape index (κ3) is 4.61. The van der Waals surface area contributed by atoms with Crippen molar-refractivity contribution in [2.75, 3.05) is 20.1 Å². The van der Waals surface area contributed by atoms with Crippen LogP contribution < -0.4 is 16.4 Å². The van der Waals surface area contributed by atoms with E-state index < -0.39 is 6.03 Å². The molecule has 1 aliphatic rings. The second-order valence-electron chi connectivity index (χ2n) is 5.27. The van der Waals surface area contributed by atoms with E-state index in [0.717, 1.165) is 31.5 Å². The van der Waals surface area contributed by atoms with E-state index in [2.05, 4.69) is 10.6 Å². The first-order chi connectivity index (χ1) is 10.1. The summed E-state index contributed by atoms with van der Waals surface area (Å²) in [6.45, 7) is 2.01. The molecule has 1 fully saturated rings. The van der Waals surface area contributed by atoms with Crippen LogP contribution >= 0.6 is 12.4 Å². The topological polar surface area (TPSA) is 87.5 Å². The summed E-state index contributed by atoms with van der Waals surface area (Å²) >= 11 is 0. The van der Waals surface area contributed by atoms with Crippen LogP contribution in [0.1, 0.15) is 28.8 Å². The Labute approximate surface area is 136 Å². The molecule has 22 heavy (non-hydrogen) atoms. The second kappa shape index (κ2) is 8.60. The van der Waals surface area contributed by atoms with Gasteiger partial charge < -0.3 is 21.3 Å². The standard InChI is InChI=1S/C15H22N4O2.ClH/c1-17-10-13-3-2-8-19(13)14(20)12-6-4-11(5-7-12)9-18-15(16)21;/h4-7,13,17H,2-3,8-10H2,1H3,(H3,16,18,21);1H. The third-order valence-electron chi connectivity index (χ3n) is 3.75. The maximum Gasteiger partial charge on any atom is 0.312 e. The summed E-state index contributed by atoms with van der Waals surface area (Å²) in [5, 5.41) is 5.66. The minimum Gasteiger partial charge on any atom is -0.352 e. The number of halogens is 1. The number of likely N-dealkylation sites (N-methyl/N-ethyl adjacent to an activating group) is 1. The zero-order chi connectivity index (χ0) is 15.2. The molecule has 0 aliphatic carbocycles. The number of primary amides is 1. The molecule has 1 aromatic rings. The number of hydrogen-bond acceptors (Lipinski definition) is 3. The first kappa shape index (κ1) is 18.3. The number of urea groups is 1. The monoisotopic (exact) mass is 326 g/mol. The lowest BCUT2D eigenvalue weighted by atomic mass is 10.1. The number of likely N-dealkylation sites (tertiary alicyclic amines) is 1. The molecular formula is C15H23ClN4O2. The van der Waals surface area contributed by atoms with Crippen LogP contribution in [0, 0.1) is 0 Å². The highest BCUT2D eigenvalue weighted by molar-refractivity contribution is 5.94. The Hall–Kier alpha value is -1.79. The number of nitrogens with zero attached hydrogens (tertiary/aromatic N) is 1. The molecule has 122 valence electrons. The minimum atomic E-state index is -0.554. The second-order valence-corrected chi connectivity index (χ2v) is 5.27. The van der Waals surface area contributed by atoms with Gasteiger partial charge in [0, 0.05) is 31.2 Å². The molecule has 0 aromatic heterocycles. The van der Waals surface area contributed by atoms with Gasteiger partial charge in [0.1, 0.15) is 0 Å². The first-order valence-electron chi connectivity index (χ1n) is 7.19. The summed E-state index contributed by atoms with van der Waals surface area (Å²) in [6.07, 6.45) is 2.10. The maximum absolute atomic E-state index is 12.5. The van der Waals surface area contributed by atoms with Crippen LogP contribution in [0.4, 0.5) is 4.79 Å². The Morgan fingerprint density at radius 3 is 2.59 bits per heavy atom. The first-order valence-corrected chi connectivity index (χ1v) is 7.19. The predicted molar refractivity (Wildman–Crippen MR) is 88.1 cm³/mol. The molecular weight excluding hydrogens is 304 g/mol. The molecule has 0 radical (unpaired) electrons. The molecule has 3 amide bonds. The molecule has 7 heteroatoms. The summed E-state index contributed by atoms with van der Waals surface area (Å²) < 4.78 is 0. The normalized spacial score (nSPS) is 17.0. The van der Waals surface area contributed by atoms with E-state index in [9.17, 15) is 9.59 Å². The molecule has 1 aromatic carbocycles. The minimum absolute atomic E-state index is 0. The van der Waals surface area contributed by atoms with Gasteiger partial charge in [0.25, 0.3) is 5.91 Å². The Morgan fingerprint density at radius 1 is 1.32 bits per heavy atom. The Balaban J connectivity index is 0.00000242. The van der Waals surface area contributed by atoms with Crippen molar-refractivity contribution in [2.24, 2.45) is 5.73 Å². The average Bonchev–Trinajstić information content (AvgIpc) is 2.93. The predicted octanol–water partition coefficient (Wildman–Crippen LogP) is 1.10. The van der Waals surface area contributed by atoms with E-state index in [1.165, 1.54) is 0 Å². The fraction of sp³-hybridized carbons (Fsp3) is 0.467. The number of nitrogens with two attached hydrogens (primary N) is 1.